The Bertz CT molecular complexity index is 1000. The number of ether oxygens (including phenoxy) is 1. The molecule has 0 saturated carbocycles. The highest BCUT2D eigenvalue weighted by molar-refractivity contribution is 6.30. The van der Waals surface area contributed by atoms with Crippen LogP contribution in [-0.2, 0) is 24.8 Å². The first-order valence-electron chi connectivity index (χ1n) is 10.2. The molecule has 5 nitrogen and oxygen atoms in total. The first-order chi connectivity index (χ1) is 14.6. The van der Waals surface area contributed by atoms with Crippen molar-refractivity contribution in [1.82, 2.24) is 14.8 Å². The molecule has 4 rings (SSSR count). The topological polar surface area (TPSA) is 46.5 Å². The van der Waals surface area contributed by atoms with Crippen molar-refractivity contribution in [3.8, 4) is 5.75 Å². The van der Waals surface area contributed by atoms with Crippen molar-refractivity contribution in [2.24, 2.45) is 7.05 Å². The fraction of sp³-hybridized carbons (Fsp3) is 0.292. The molecule has 1 N–H and O–H groups in total. The maximum Gasteiger partial charge on any atom is 0.258 e. The average molecular weight is 424 g/mol. The third-order valence-electron chi connectivity index (χ3n) is 5.60. The van der Waals surface area contributed by atoms with E-state index in [1.54, 1.807) is 24.3 Å². The molecule has 156 valence electrons. The maximum atomic E-state index is 12.4. The number of benzene rings is 2. The minimum absolute atomic E-state index is 0.0235. The highest BCUT2D eigenvalue weighted by atomic mass is 35.5. The van der Waals surface area contributed by atoms with Gasteiger partial charge in [0.15, 0.2) is 6.61 Å². The van der Waals surface area contributed by atoms with Gasteiger partial charge >= 0.3 is 0 Å². The third-order valence-corrected chi connectivity index (χ3v) is 5.85. The van der Waals surface area contributed by atoms with Crippen LogP contribution in [0.25, 0.3) is 0 Å². The van der Waals surface area contributed by atoms with Crippen LogP contribution in [0.3, 0.4) is 0 Å². The summed E-state index contributed by atoms with van der Waals surface area (Å²) in [4.78, 5) is 14.9. The van der Waals surface area contributed by atoms with Gasteiger partial charge in [-0.25, -0.2) is 0 Å². The summed E-state index contributed by atoms with van der Waals surface area (Å²) in [6.07, 6.45) is 3.07. The second kappa shape index (κ2) is 9.37. The molecular formula is C24H26ClN3O2. The average Bonchev–Trinajstić information content (AvgIpc) is 3.19. The molecule has 0 fully saturated rings. The van der Waals surface area contributed by atoms with Crippen molar-refractivity contribution in [2.75, 3.05) is 19.7 Å². The van der Waals surface area contributed by atoms with Crippen LogP contribution in [0.15, 0.2) is 66.9 Å². The summed E-state index contributed by atoms with van der Waals surface area (Å²) >= 11 is 5.88. The van der Waals surface area contributed by atoms with E-state index in [0.717, 1.165) is 19.5 Å². The molecule has 2 aromatic carbocycles. The first-order valence-corrected chi connectivity index (χ1v) is 10.5. The summed E-state index contributed by atoms with van der Waals surface area (Å²) in [6.45, 7) is 2.35. The van der Waals surface area contributed by atoms with Gasteiger partial charge in [-0.05, 0) is 53.9 Å². The Morgan fingerprint density at radius 3 is 2.60 bits per heavy atom. The van der Waals surface area contributed by atoms with Crippen molar-refractivity contribution >= 4 is 17.5 Å². The molecule has 6 heteroatoms. The van der Waals surface area contributed by atoms with Crippen LogP contribution in [0.5, 0.6) is 5.75 Å². The summed E-state index contributed by atoms with van der Waals surface area (Å²) in [5.74, 6) is 0.489. The van der Waals surface area contributed by atoms with Crippen molar-refractivity contribution in [2.45, 2.75) is 19.0 Å². The van der Waals surface area contributed by atoms with Gasteiger partial charge in [-0.2, -0.15) is 0 Å². The SMILES string of the molecule is Cn1cccc1[C@H](CNC(=O)COc1ccc(Cl)cc1)N1CCc2ccccc2C1. The lowest BCUT2D eigenvalue weighted by molar-refractivity contribution is -0.123. The number of nitrogens with one attached hydrogen (secondary N) is 1. The predicted octanol–water partition coefficient (Wildman–Crippen LogP) is 3.97. The second-order valence-electron chi connectivity index (χ2n) is 7.60. The van der Waals surface area contributed by atoms with Gasteiger partial charge in [-0.3, -0.25) is 9.69 Å². The Morgan fingerprint density at radius 1 is 1.10 bits per heavy atom. The lowest BCUT2D eigenvalue weighted by Gasteiger charge is -2.36. The van der Waals surface area contributed by atoms with Gasteiger partial charge in [0.05, 0.1) is 6.04 Å². The van der Waals surface area contributed by atoms with Crippen LogP contribution in [0, 0.1) is 0 Å². The zero-order chi connectivity index (χ0) is 20.9. The molecule has 3 aromatic rings. The fourth-order valence-corrected chi connectivity index (χ4v) is 4.09. The zero-order valence-corrected chi connectivity index (χ0v) is 17.8. The first kappa shape index (κ1) is 20.5. The smallest absolute Gasteiger partial charge is 0.258 e. The molecule has 1 aromatic heterocycles. The predicted molar refractivity (Wildman–Crippen MR) is 119 cm³/mol. The van der Waals surface area contributed by atoms with E-state index >= 15 is 0 Å². The minimum Gasteiger partial charge on any atom is -0.484 e. The molecule has 0 saturated heterocycles. The Balaban J connectivity index is 1.40. The van der Waals surface area contributed by atoms with Gasteiger partial charge in [0.2, 0.25) is 0 Å². The normalized spacial score (nSPS) is 14.7. The molecule has 0 spiro atoms. The van der Waals surface area contributed by atoms with Crippen LogP contribution in [0.4, 0.5) is 0 Å². The van der Waals surface area contributed by atoms with E-state index in [9.17, 15) is 4.79 Å². The number of aryl methyl sites for hydroxylation is 1. The third kappa shape index (κ3) is 4.86. The molecule has 1 aliphatic heterocycles. The quantitative estimate of drug-likeness (QED) is 0.625. The number of carbonyl (C=O) groups excluding carboxylic acids is 1. The van der Waals surface area contributed by atoms with E-state index in [1.807, 2.05) is 19.3 Å². The Hall–Kier alpha value is -2.76. The van der Waals surface area contributed by atoms with Crippen LogP contribution in [0.2, 0.25) is 5.02 Å². The molecule has 1 atom stereocenters. The van der Waals surface area contributed by atoms with Crippen LogP contribution in [0.1, 0.15) is 22.9 Å². The minimum atomic E-state index is -0.137. The van der Waals surface area contributed by atoms with Crippen molar-refractivity contribution in [3.05, 3.63) is 88.7 Å². The van der Waals surface area contributed by atoms with E-state index in [2.05, 4.69) is 45.1 Å². The number of hydrogen-bond acceptors (Lipinski definition) is 3. The lowest BCUT2D eigenvalue weighted by Crippen LogP contribution is -2.42. The van der Waals surface area contributed by atoms with Gasteiger partial charge in [0.25, 0.3) is 5.91 Å². The summed E-state index contributed by atoms with van der Waals surface area (Å²) < 4.78 is 7.70. The fourth-order valence-electron chi connectivity index (χ4n) is 3.97. The molecule has 0 aliphatic carbocycles. The van der Waals surface area contributed by atoms with Gasteiger partial charge in [-0.15, -0.1) is 0 Å². The lowest BCUT2D eigenvalue weighted by atomic mass is 9.98. The highest BCUT2D eigenvalue weighted by Crippen LogP contribution is 2.27. The van der Waals surface area contributed by atoms with Gasteiger partial charge in [0, 0.05) is 43.6 Å². The van der Waals surface area contributed by atoms with Crippen LogP contribution < -0.4 is 10.1 Å². The summed E-state index contributed by atoms with van der Waals surface area (Å²) in [5, 5.41) is 3.70. The monoisotopic (exact) mass is 423 g/mol. The molecule has 0 unspecified atom stereocenters. The van der Waals surface area contributed by atoms with E-state index in [4.69, 9.17) is 16.3 Å². The summed E-state index contributed by atoms with van der Waals surface area (Å²) in [6, 6.07) is 19.9. The molecular weight excluding hydrogens is 398 g/mol. The molecule has 0 bridgehead atoms. The number of rotatable bonds is 7. The van der Waals surface area contributed by atoms with Crippen LogP contribution in [-0.4, -0.2) is 35.1 Å². The standard InChI is InChI=1S/C24H26ClN3O2/c1-27-13-4-7-22(27)23(28-14-12-18-5-2-3-6-19(18)16-28)15-26-24(29)17-30-21-10-8-20(25)9-11-21/h2-11,13,23H,12,14-17H2,1H3,(H,26,29)/t23-/m0/s1. The summed E-state index contributed by atoms with van der Waals surface area (Å²) in [7, 11) is 2.05. The van der Waals surface area contributed by atoms with Gasteiger partial charge < -0.3 is 14.6 Å². The number of fused-ring (bicyclic) bond motifs is 1. The van der Waals surface area contributed by atoms with Crippen molar-refractivity contribution in [1.29, 1.82) is 0 Å². The Labute approximate surface area is 182 Å². The molecule has 1 amide bonds. The number of halogens is 1. The largest absolute Gasteiger partial charge is 0.484 e. The van der Waals surface area contributed by atoms with Crippen molar-refractivity contribution < 1.29 is 9.53 Å². The second-order valence-corrected chi connectivity index (χ2v) is 8.03. The van der Waals surface area contributed by atoms with E-state index in [-0.39, 0.29) is 18.6 Å². The maximum absolute atomic E-state index is 12.4. The molecule has 1 aliphatic rings. The van der Waals surface area contributed by atoms with Crippen molar-refractivity contribution in [3.63, 3.8) is 0 Å². The van der Waals surface area contributed by atoms with E-state index < -0.39 is 0 Å². The van der Waals surface area contributed by atoms with Crippen LogP contribution >= 0.6 is 11.6 Å². The number of carbonyl (C=O) groups is 1. The number of amides is 1. The van der Waals surface area contributed by atoms with E-state index in [0.29, 0.717) is 17.3 Å². The highest BCUT2D eigenvalue weighted by Gasteiger charge is 2.26. The number of nitrogens with zero attached hydrogens (tertiary/aromatic N) is 2. The Kier molecular flexibility index (Phi) is 6.41. The number of aromatic nitrogens is 1. The number of hydrogen-bond donors (Lipinski definition) is 1. The summed E-state index contributed by atoms with van der Waals surface area (Å²) in [5.41, 5.74) is 3.97. The van der Waals surface area contributed by atoms with Gasteiger partial charge in [-0.1, -0.05) is 35.9 Å². The molecule has 0 radical (unpaired) electrons. The van der Waals surface area contributed by atoms with E-state index in [1.165, 1.54) is 16.8 Å². The van der Waals surface area contributed by atoms with Gasteiger partial charge in [0.1, 0.15) is 5.75 Å². The molecule has 2 heterocycles. The zero-order valence-electron chi connectivity index (χ0n) is 17.1. The Morgan fingerprint density at radius 2 is 1.87 bits per heavy atom. The molecule has 30 heavy (non-hydrogen) atoms.